The summed E-state index contributed by atoms with van der Waals surface area (Å²) in [6.07, 6.45) is -1.25. The first-order valence-electron chi connectivity index (χ1n) is 9.59. The third-order valence-electron chi connectivity index (χ3n) is 4.78. The summed E-state index contributed by atoms with van der Waals surface area (Å²) in [4.78, 5) is 18.3. The fourth-order valence-electron chi connectivity index (χ4n) is 3.01. The second-order valence-corrected chi connectivity index (χ2v) is 7.19. The number of halogens is 3. The summed E-state index contributed by atoms with van der Waals surface area (Å²) in [7, 11) is 1.42. The van der Waals surface area contributed by atoms with Crippen LogP contribution in [0.4, 0.5) is 8.78 Å². The third-order valence-corrected chi connectivity index (χ3v) is 5.22. The zero-order chi connectivity index (χ0) is 23.1. The predicted molar refractivity (Wildman–Crippen MR) is 116 cm³/mol. The minimum absolute atomic E-state index is 0.0803. The number of morpholine rings is 1. The van der Waals surface area contributed by atoms with Crippen LogP contribution in [0.5, 0.6) is 0 Å². The third kappa shape index (κ3) is 6.08. The molecule has 0 aliphatic carbocycles. The number of ether oxygens (including phenoxy) is 1. The topological polar surface area (TPSA) is 132 Å². The van der Waals surface area contributed by atoms with Crippen molar-refractivity contribution in [2.24, 2.45) is 22.2 Å². The van der Waals surface area contributed by atoms with Gasteiger partial charge in [0.05, 0.1) is 30.1 Å². The van der Waals surface area contributed by atoms with E-state index in [1.54, 1.807) is 13.0 Å². The van der Waals surface area contributed by atoms with Crippen molar-refractivity contribution in [2.45, 2.75) is 19.4 Å². The van der Waals surface area contributed by atoms with E-state index < -0.39 is 18.4 Å². The average molecular weight is 457 g/mol. The van der Waals surface area contributed by atoms with E-state index >= 15 is 0 Å². The largest absolute Gasteiger partial charge is 0.394 e. The van der Waals surface area contributed by atoms with E-state index in [0.717, 1.165) is 0 Å². The van der Waals surface area contributed by atoms with Crippen LogP contribution in [-0.2, 0) is 9.53 Å². The molecule has 0 bridgehead atoms. The standard InChI is InChI=1S/C20H27ClF2N6O2/c1-11(12-4-3-5-13(16(12)21)18(22)23)28-19(26)14(17(25)20(30)27-2)10-15(24)29-6-8-31-9-7-29/h3-5,10-11,18H,6-9,24-25H2,1-2H3,(H2,26,28)(H,27,30)/b15-10+,17-14+/t11-/m1/s1. The van der Waals surface area contributed by atoms with Crippen LogP contribution in [0.2, 0.25) is 5.02 Å². The summed E-state index contributed by atoms with van der Waals surface area (Å²) in [6, 6.07) is 3.61. The highest BCUT2D eigenvalue weighted by Gasteiger charge is 2.20. The monoisotopic (exact) mass is 456 g/mol. The lowest BCUT2D eigenvalue weighted by Gasteiger charge is -2.29. The van der Waals surface area contributed by atoms with Gasteiger partial charge in [0.2, 0.25) is 0 Å². The van der Waals surface area contributed by atoms with Gasteiger partial charge in [-0.2, -0.15) is 0 Å². The molecule has 11 heteroatoms. The number of aliphatic imine (C=N–C) groups is 1. The van der Waals surface area contributed by atoms with Gasteiger partial charge >= 0.3 is 0 Å². The van der Waals surface area contributed by atoms with E-state index in [1.807, 2.05) is 4.90 Å². The lowest BCUT2D eigenvalue weighted by Crippen LogP contribution is -2.39. The quantitative estimate of drug-likeness (QED) is 0.214. The first-order chi connectivity index (χ1) is 14.7. The number of amides is 1. The maximum atomic E-state index is 13.2. The molecule has 1 aromatic rings. The number of amidine groups is 1. The Morgan fingerprint density at radius 1 is 1.26 bits per heavy atom. The van der Waals surface area contributed by atoms with E-state index in [4.69, 9.17) is 33.5 Å². The highest BCUT2D eigenvalue weighted by atomic mass is 35.5. The molecule has 0 aromatic heterocycles. The minimum atomic E-state index is -2.73. The van der Waals surface area contributed by atoms with Crippen LogP contribution in [0.15, 0.2) is 46.4 Å². The van der Waals surface area contributed by atoms with Crippen molar-refractivity contribution in [3.8, 4) is 0 Å². The molecule has 0 unspecified atom stereocenters. The highest BCUT2D eigenvalue weighted by molar-refractivity contribution is 6.32. The Bertz CT molecular complexity index is 898. The number of carbonyl (C=O) groups is 1. The van der Waals surface area contributed by atoms with Gasteiger partial charge in [0, 0.05) is 31.3 Å². The molecule has 1 aliphatic heterocycles. The Balaban J connectivity index is 2.45. The van der Waals surface area contributed by atoms with Crippen molar-refractivity contribution in [1.82, 2.24) is 10.2 Å². The van der Waals surface area contributed by atoms with Crippen molar-refractivity contribution >= 4 is 23.3 Å². The maximum absolute atomic E-state index is 13.2. The number of rotatable bonds is 7. The van der Waals surface area contributed by atoms with Gasteiger partial charge in [-0.05, 0) is 18.6 Å². The first kappa shape index (κ1) is 24.4. The van der Waals surface area contributed by atoms with Crippen molar-refractivity contribution in [2.75, 3.05) is 33.4 Å². The number of hydrogen-bond acceptors (Lipinski definition) is 6. The van der Waals surface area contributed by atoms with Crippen LogP contribution < -0.4 is 22.5 Å². The molecule has 1 heterocycles. The molecule has 1 fully saturated rings. The fourth-order valence-corrected chi connectivity index (χ4v) is 3.38. The van der Waals surface area contributed by atoms with Gasteiger partial charge in [-0.1, -0.05) is 29.8 Å². The molecule has 2 rings (SSSR count). The number of likely N-dealkylation sites (N-methyl/N-ethyl adjacent to an activating group) is 1. The number of alkyl halides is 2. The van der Waals surface area contributed by atoms with Crippen LogP contribution >= 0.6 is 11.6 Å². The molecule has 170 valence electrons. The molecule has 0 radical (unpaired) electrons. The second-order valence-electron chi connectivity index (χ2n) is 6.82. The molecule has 31 heavy (non-hydrogen) atoms. The van der Waals surface area contributed by atoms with E-state index in [9.17, 15) is 13.6 Å². The van der Waals surface area contributed by atoms with E-state index in [0.29, 0.717) is 37.7 Å². The predicted octanol–water partition coefficient (Wildman–Crippen LogP) is 1.79. The summed E-state index contributed by atoms with van der Waals surface area (Å²) in [5.74, 6) is -0.304. The Morgan fingerprint density at radius 3 is 2.45 bits per heavy atom. The van der Waals surface area contributed by atoms with Crippen molar-refractivity contribution in [3.63, 3.8) is 0 Å². The number of nitrogens with one attached hydrogen (secondary N) is 1. The number of nitrogens with zero attached hydrogens (tertiary/aromatic N) is 2. The Hall–Kier alpha value is -2.85. The molecular weight excluding hydrogens is 430 g/mol. The lowest BCUT2D eigenvalue weighted by molar-refractivity contribution is -0.117. The molecule has 8 nitrogen and oxygen atoms in total. The highest BCUT2D eigenvalue weighted by Crippen LogP contribution is 2.34. The van der Waals surface area contributed by atoms with Crippen LogP contribution in [0.25, 0.3) is 0 Å². The van der Waals surface area contributed by atoms with Gasteiger partial charge in [0.25, 0.3) is 12.3 Å². The second kappa shape index (κ2) is 11.0. The van der Waals surface area contributed by atoms with Gasteiger partial charge in [-0.15, -0.1) is 0 Å². The maximum Gasteiger partial charge on any atom is 0.267 e. The summed E-state index contributed by atoms with van der Waals surface area (Å²) < 4.78 is 31.6. The number of carbonyl (C=O) groups excluding carboxylic acids is 1. The van der Waals surface area contributed by atoms with Crippen LogP contribution in [0, 0.1) is 0 Å². The normalized spacial score (nSPS) is 17.4. The van der Waals surface area contributed by atoms with Gasteiger partial charge < -0.3 is 32.2 Å². The first-order valence-corrected chi connectivity index (χ1v) is 9.96. The molecule has 1 aromatic carbocycles. The fraction of sp³-hybridized carbons (Fsp3) is 0.400. The van der Waals surface area contributed by atoms with E-state index in [2.05, 4.69) is 10.3 Å². The minimum Gasteiger partial charge on any atom is -0.394 e. The summed E-state index contributed by atoms with van der Waals surface area (Å²) in [6.45, 7) is 3.81. The number of nitrogens with two attached hydrogens (primary N) is 3. The van der Waals surface area contributed by atoms with Crippen LogP contribution in [0.1, 0.15) is 30.5 Å². The van der Waals surface area contributed by atoms with Gasteiger partial charge in [0.15, 0.2) is 0 Å². The number of hydrogen-bond donors (Lipinski definition) is 4. The molecule has 1 saturated heterocycles. The number of benzene rings is 1. The SMILES string of the molecule is CNC(=O)/C(N)=C(/C=C(\N)N1CCOCC1)C(N)=N[C@H](C)c1cccc(C(F)F)c1Cl. The van der Waals surface area contributed by atoms with E-state index in [-0.39, 0.29) is 27.7 Å². The Labute approximate surface area is 184 Å². The smallest absolute Gasteiger partial charge is 0.267 e. The molecule has 7 N–H and O–H groups in total. The van der Waals surface area contributed by atoms with Gasteiger partial charge in [-0.3, -0.25) is 9.79 Å². The van der Waals surface area contributed by atoms with Crippen LogP contribution in [0.3, 0.4) is 0 Å². The Kier molecular flexibility index (Phi) is 8.64. The Morgan fingerprint density at radius 2 is 1.87 bits per heavy atom. The molecule has 0 spiro atoms. The van der Waals surface area contributed by atoms with Gasteiger partial charge in [-0.25, -0.2) is 8.78 Å². The zero-order valence-electron chi connectivity index (χ0n) is 17.4. The summed E-state index contributed by atoms with van der Waals surface area (Å²) >= 11 is 6.14. The van der Waals surface area contributed by atoms with Gasteiger partial charge in [0.1, 0.15) is 11.5 Å². The molecule has 1 atom stereocenters. The zero-order valence-corrected chi connectivity index (χ0v) is 18.1. The van der Waals surface area contributed by atoms with Crippen molar-refractivity contribution in [3.05, 3.63) is 57.5 Å². The summed E-state index contributed by atoms with van der Waals surface area (Å²) in [5.41, 5.74) is 18.4. The average Bonchev–Trinajstić information content (AvgIpc) is 2.76. The molecular formula is C20H27ClF2N6O2. The van der Waals surface area contributed by atoms with Crippen LogP contribution in [-0.4, -0.2) is 50.0 Å². The van der Waals surface area contributed by atoms with E-state index in [1.165, 1.54) is 25.3 Å². The summed E-state index contributed by atoms with van der Waals surface area (Å²) in [5, 5.41) is 2.34. The molecule has 0 saturated carbocycles. The van der Waals surface area contributed by atoms with Crippen molar-refractivity contribution in [1.29, 1.82) is 0 Å². The van der Waals surface area contributed by atoms with Crippen molar-refractivity contribution < 1.29 is 18.3 Å². The molecule has 1 amide bonds. The molecule has 1 aliphatic rings. The lowest BCUT2D eigenvalue weighted by atomic mass is 10.0.